The average molecular weight is 333 g/mol. The van der Waals surface area contributed by atoms with E-state index in [0.717, 1.165) is 27.9 Å². The number of benzene rings is 1. The van der Waals surface area contributed by atoms with E-state index in [9.17, 15) is 9.90 Å². The summed E-state index contributed by atoms with van der Waals surface area (Å²) in [5.41, 5.74) is 5.08. The van der Waals surface area contributed by atoms with Crippen LogP contribution in [-0.2, 0) is 0 Å². The van der Waals surface area contributed by atoms with Gasteiger partial charge in [-0.2, -0.15) is 0 Å². The van der Waals surface area contributed by atoms with Crippen molar-refractivity contribution in [2.24, 2.45) is 0 Å². The summed E-state index contributed by atoms with van der Waals surface area (Å²) in [7, 11) is 0. The number of aromatic carboxylic acids is 1. The Morgan fingerprint density at radius 2 is 1.88 bits per heavy atom. The van der Waals surface area contributed by atoms with Crippen LogP contribution in [0.15, 0.2) is 61.2 Å². The zero-order valence-electron chi connectivity index (χ0n) is 14.1. The fraction of sp³-hybridized carbons (Fsp3) is 0.150. The van der Waals surface area contributed by atoms with E-state index in [4.69, 9.17) is 0 Å². The highest BCUT2D eigenvalue weighted by Gasteiger charge is 2.11. The zero-order valence-corrected chi connectivity index (χ0v) is 14.1. The molecule has 0 saturated carbocycles. The molecule has 3 aromatic rings. The molecule has 2 aromatic heterocycles. The highest BCUT2D eigenvalue weighted by atomic mass is 16.4. The molecule has 2 heterocycles. The monoisotopic (exact) mass is 333 g/mol. The van der Waals surface area contributed by atoms with Gasteiger partial charge < -0.3 is 10.4 Å². The SMILES string of the molecule is Cc1ccc(C(=O)O)cc1NC(C)c1cncc(-c2cccnc2)c1. The van der Waals surface area contributed by atoms with E-state index in [-0.39, 0.29) is 11.6 Å². The van der Waals surface area contributed by atoms with E-state index in [1.165, 1.54) is 0 Å². The molecule has 3 rings (SSSR count). The smallest absolute Gasteiger partial charge is 0.335 e. The molecule has 0 radical (unpaired) electrons. The number of anilines is 1. The minimum absolute atomic E-state index is 0.0214. The zero-order chi connectivity index (χ0) is 17.8. The Hall–Kier alpha value is -3.21. The van der Waals surface area contributed by atoms with Gasteiger partial charge in [-0.05, 0) is 49.2 Å². The van der Waals surface area contributed by atoms with Crippen molar-refractivity contribution in [3.63, 3.8) is 0 Å². The molecule has 0 aliphatic carbocycles. The van der Waals surface area contributed by atoms with Crippen molar-refractivity contribution < 1.29 is 9.90 Å². The van der Waals surface area contributed by atoms with Crippen LogP contribution < -0.4 is 5.32 Å². The van der Waals surface area contributed by atoms with Gasteiger partial charge in [0.15, 0.2) is 0 Å². The summed E-state index contributed by atoms with van der Waals surface area (Å²) in [6.45, 7) is 3.97. The third-order valence-corrected chi connectivity index (χ3v) is 4.11. The summed E-state index contributed by atoms with van der Waals surface area (Å²) in [6.07, 6.45) is 7.17. The fourth-order valence-electron chi connectivity index (χ4n) is 2.61. The topological polar surface area (TPSA) is 75.1 Å². The number of hydrogen-bond acceptors (Lipinski definition) is 4. The van der Waals surface area contributed by atoms with Crippen molar-refractivity contribution in [3.8, 4) is 11.1 Å². The van der Waals surface area contributed by atoms with Crippen LogP contribution in [0.5, 0.6) is 0 Å². The summed E-state index contributed by atoms with van der Waals surface area (Å²) < 4.78 is 0. The van der Waals surface area contributed by atoms with Crippen molar-refractivity contribution in [1.29, 1.82) is 0 Å². The lowest BCUT2D eigenvalue weighted by Crippen LogP contribution is -2.09. The highest BCUT2D eigenvalue weighted by molar-refractivity contribution is 5.89. The van der Waals surface area contributed by atoms with Crippen molar-refractivity contribution in [2.75, 3.05) is 5.32 Å². The third kappa shape index (κ3) is 3.83. The standard InChI is InChI=1S/C20H19N3O2/c1-13-5-6-15(20(24)25)9-19(13)23-14(2)17-8-18(12-22-11-17)16-4-3-7-21-10-16/h3-12,14,23H,1-2H3,(H,24,25). The molecular formula is C20H19N3O2. The molecule has 0 saturated heterocycles. The van der Waals surface area contributed by atoms with Gasteiger partial charge in [-0.25, -0.2) is 4.79 Å². The molecular weight excluding hydrogens is 314 g/mol. The summed E-state index contributed by atoms with van der Waals surface area (Å²) in [6, 6.07) is 11.0. The number of aryl methyl sites for hydroxylation is 1. The molecule has 0 fully saturated rings. The van der Waals surface area contributed by atoms with Gasteiger partial charge in [0.1, 0.15) is 0 Å². The lowest BCUT2D eigenvalue weighted by molar-refractivity contribution is 0.0697. The number of carbonyl (C=O) groups is 1. The van der Waals surface area contributed by atoms with Gasteiger partial charge in [0.25, 0.3) is 0 Å². The molecule has 0 amide bonds. The molecule has 0 bridgehead atoms. The Morgan fingerprint density at radius 3 is 2.60 bits per heavy atom. The van der Waals surface area contributed by atoms with Gasteiger partial charge in [0.2, 0.25) is 0 Å². The van der Waals surface area contributed by atoms with Crippen LogP contribution in [-0.4, -0.2) is 21.0 Å². The first kappa shape index (κ1) is 16.6. The number of rotatable bonds is 5. The molecule has 5 nitrogen and oxygen atoms in total. The van der Waals surface area contributed by atoms with Crippen LogP contribution in [0.2, 0.25) is 0 Å². The Balaban J connectivity index is 1.86. The minimum atomic E-state index is -0.934. The van der Waals surface area contributed by atoms with Crippen molar-refractivity contribution in [2.45, 2.75) is 19.9 Å². The van der Waals surface area contributed by atoms with Gasteiger partial charge >= 0.3 is 5.97 Å². The van der Waals surface area contributed by atoms with Crippen LogP contribution in [0.4, 0.5) is 5.69 Å². The summed E-state index contributed by atoms with van der Waals surface area (Å²) in [5.74, 6) is -0.934. The normalized spacial score (nSPS) is 11.8. The lowest BCUT2D eigenvalue weighted by Gasteiger charge is -2.18. The molecule has 0 aliphatic rings. The second kappa shape index (κ2) is 7.13. The van der Waals surface area contributed by atoms with Crippen molar-refractivity contribution >= 4 is 11.7 Å². The Bertz CT molecular complexity index is 894. The van der Waals surface area contributed by atoms with Crippen LogP contribution in [0.25, 0.3) is 11.1 Å². The predicted molar refractivity (Wildman–Crippen MR) is 97.6 cm³/mol. The van der Waals surface area contributed by atoms with Crippen LogP contribution in [0, 0.1) is 6.92 Å². The Morgan fingerprint density at radius 1 is 1.08 bits per heavy atom. The quantitative estimate of drug-likeness (QED) is 0.727. The van der Waals surface area contributed by atoms with Crippen molar-refractivity contribution in [3.05, 3.63) is 77.9 Å². The van der Waals surface area contributed by atoms with Crippen LogP contribution in [0.3, 0.4) is 0 Å². The van der Waals surface area contributed by atoms with Gasteiger partial charge in [-0.15, -0.1) is 0 Å². The van der Waals surface area contributed by atoms with Gasteiger partial charge in [-0.1, -0.05) is 12.1 Å². The molecule has 1 aromatic carbocycles. The molecule has 0 spiro atoms. The number of carboxylic acid groups (broad SMARTS) is 1. The molecule has 126 valence electrons. The number of aromatic nitrogens is 2. The summed E-state index contributed by atoms with van der Waals surface area (Å²) >= 11 is 0. The molecule has 0 aliphatic heterocycles. The second-order valence-corrected chi connectivity index (χ2v) is 5.95. The summed E-state index contributed by atoms with van der Waals surface area (Å²) in [4.78, 5) is 19.7. The van der Waals surface area contributed by atoms with Gasteiger partial charge in [0, 0.05) is 41.6 Å². The van der Waals surface area contributed by atoms with E-state index in [1.807, 2.05) is 44.4 Å². The van der Waals surface area contributed by atoms with Gasteiger partial charge in [0.05, 0.1) is 11.6 Å². The maximum Gasteiger partial charge on any atom is 0.335 e. The summed E-state index contributed by atoms with van der Waals surface area (Å²) in [5, 5.41) is 12.6. The Kier molecular flexibility index (Phi) is 4.75. The van der Waals surface area contributed by atoms with Crippen molar-refractivity contribution in [1.82, 2.24) is 9.97 Å². The van der Waals surface area contributed by atoms with Crippen LogP contribution >= 0.6 is 0 Å². The molecule has 1 unspecified atom stereocenters. The van der Waals surface area contributed by atoms with Crippen LogP contribution in [0.1, 0.15) is 34.5 Å². The molecule has 25 heavy (non-hydrogen) atoms. The Labute approximate surface area is 146 Å². The van der Waals surface area contributed by atoms with E-state index >= 15 is 0 Å². The number of nitrogens with one attached hydrogen (secondary N) is 1. The molecule has 5 heteroatoms. The minimum Gasteiger partial charge on any atom is -0.478 e. The average Bonchev–Trinajstić information content (AvgIpc) is 2.64. The van der Waals surface area contributed by atoms with E-state index in [0.29, 0.717) is 0 Å². The molecule has 2 N–H and O–H groups in total. The first-order chi connectivity index (χ1) is 12.0. The fourth-order valence-corrected chi connectivity index (χ4v) is 2.61. The van der Waals surface area contributed by atoms with E-state index in [1.54, 1.807) is 24.5 Å². The lowest BCUT2D eigenvalue weighted by atomic mass is 10.0. The van der Waals surface area contributed by atoms with Gasteiger partial charge in [-0.3, -0.25) is 9.97 Å². The second-order valence-electron chi connectivity index (χ2n) is 5.95. The van der Waals surface area contributed by atoms with E-state index in [2.05, 4.69) is 21.4 Å². The first-order valence-corrected chi connectivity index (χ1v) is 8.00. The number of hydrogen-bond donors (Lipinski definition) is 2. The maximum atomic E-state index is 11.2. The first-order valence-electron chi connectivity index (χ1n) is 8.00. The predicted octanol–water partition coefficient (Wildman–Crippen LogP) is 4.32. The number of carboxylic acids is 1. The number of pyridine rings is 2. The molecule has 1 atom stereocenters. The largest absolute Gasteiger partial charge is 0.478 e. The number of nitrogens with zero attached hydrogens (tertiary/aromatic N) is 2. The highest BCUT2D eigenvalue weighted by Crippen LogP contribution is 2.26. The van der Waals surface area contributed by atoms with E-state index < -0.39 is 5.97 Å². The maximum absolute atomic E-state index is 11.2. The third-order valence-electron chi connectivity index (χ3n) is 4.11.